The Morgan fingerprint density at radius 2 is 1.50 bits per heavy atom. The first-order valence-corrected chi connectivity index (χ1v) is 5.89. The maximum atomic E-state index is 8.90. The Bertz CT molecular complexity index is 276. The third kappa shape index (κ3) is 4.95. The average molecular weight is 355 g/mol. The molecule has 1 aromatic carbocycles. The van der Waals surface area contributed by atoms with E-state index in [-0.39, 0.29) is 37.2 Å². The molecule has 3 nitrogen and oxygen atoms in total. The van der Waals surface area contributed by atoms with Crippen LogP contribution >= 0.6 is 33.2 Å². The van der Waals surface area contributed by atoms with Gasteiger partial charge in [0, 0.05) is 18.8 Å². The number of hydrogen-bond acceptors (Lipinski definition) is 3. The van der Waals surface area contributed by atoms with Gasteiger partial charge in [0.05, 0.1) is 13.2 Å². The van der Waals surface area contributed by atoms with Crippen LogP contribution in [0.4, 0.5) is 5.69 Å². The Balaban J connectivity index is 0.00000225. The second-order valence-electron chi connectivity index (χ2n) is 3.30. The fourth-order valence-corrected chi connectivity index (χ4v) is 1.73. The van der Waals surface area contributed by atoms with Crippen LogP contribution < -0.4 is 4.90 Å². The van der Waals surface area contributed by atoms with Crippen molar-refractivity contribution < 1.29 is 10.2 Å². The minimum absolute atomic E-state index is 0. The molecule has 2 N–H and O–H groups in total. The highest BCUT2D eigenvalue weighted by atomic mass is 127. The summed E-state index contributed by atoms with van der Waals surface area (Å²) in [7, 11) is 2.68. The summed E-state index contributed by atoms with van der Waals surface area (Å²) in [4.78, 5) is 1.96. The van der Waals surface area contributed by atoms with Crippen LogP contribution in [0.25, 0.3) is 0 Å². The first-order chi connectivity index (χ1) is 7.31. The van der Waals surface area contributed by atoms with E-state index in [0.29, 0.717) is 13.1 Å². The Morgan fingerprint density at radius 1 is 1.00 bits per heavy atom. The van der Waals surface area contributed by atoms with Crippen molar-refractivity contribution in [2.45, 2.75) is 6.16 Å². The first kappa shape index (κ1) is 16.1. The molecule has 0 amide bonds. The van der Waals surface area contributed by atoms with Gasteiger partial charge in [0.1, 0.15) is 0 Å². The maximum Gasteiger partial charge on any atom is 0.0606 e. The highest BCUT2D eigenvalue weighted by Crippen LogP contribution is 2.16. The van der Waals surface area contributed by atoms with Crippen LogP contribution in [-0.2, 0) is 6.16 Å². The Morgan fingerprint density at radius 3 is 1.88 bits per heavy atom. The second-order valence-corrected chi connectivity index (χ2v) is 3.71. The fourth-order valence-electron chi connectivity index (χ4n) is 1.45. The summed E-state index contributed by atoms with van der Waals surface area (Å²) < 4.78 is 0. The third-order valence-electron chi connectivity index (χ3n) is 2.28. The van der Waals surface area contributed by atoms with E-state index in [1.54, 1.807) is 0 Å². The molecule has 0 spiro atoms. The first-order valence-electron chi connectivity index (χ1n) is 5.07. The monoisotopic (exact) mass is 355 g/mol. The Hall–Kier alpha value is 0.1000. The molecule has 1 aromatic rings. The number of anilines is 1. The van der Waals surface area contributed by atoms with E-state index in [1.165, 1.54) is 5.56 Å². The average Bonchev–Trinajstić information content (AvgIpc) is 2.29. The molecule has 0 radical (unpaired) electrons. The lowest BCUT2D eigenvalue weighted by Crippen LogP contribution is -2.29. The number of aliphatic hydroxyl groups is 2. The predicted octanol–water partition coefficient (Wildman–Crippen LogP) is 1.47. The van der Waals surface area contributed by atoms with E-state index in [0.717, 1.165) is 11.8 Å². The molecule has 92 valence electrons. The van der Waals surface area contributed by atoms with E-state index < -0.39 is 0 Å². The molecule has 0 aromatic heterocycles. The Kier molecular flexibility index (Phi) is 9.22. The van der Waals surface area contributed by atoms with Gasteiger partial charge in [0.15, 0.2) is 0 Å². The van der Waals surface area contributed by atoms with E-state index in [9.17, 15) is 0 Å². The zero-order chi connectivity index (χ0) is 11.1. The lowest BCUT2D eigenvalue weighted by molar-refractivity contribution is 0.281. The van der Waals surface area contributed by atoms with E-state index in [1.807, 2.05) is 17.0 Å². The number of hydrogen-bond donors (Lipinski definition) is 2. The largest absolute Gasteiger partial charge is 0.395 e. The van der Waals surface area contributed by atoms with Crippen molar-refractivity contribution in [1.29, 1.82) is 0 Å². The SMILES string of the molecule is I.OCCN(CCO)c1ccc(CP)cc1. The van der Waals surface area contributed by atoms with Gasteiger partial charge < -0.3 is 15.1 Å². The van der Waals surface area contributed by atoms with Gasteiger partial charge in [-0.25, -0.2) is 0 Å². The standard InChI is InChI=1S/C11H18NO2P.HI/c13-7-5-12(6-8-14)11-3-1-10(9-15)2-4-11;/h1-4,13-14H,5-9,15H2;1H. The summed E-state index contributed by atoms with van der Waals surface area (Å²) in [6.07, 6.45) is 0.945. The molecule has 0 bridgehead atoms. The lowest BCUT2D eigenvalue weighted by atomic mass is 10.2. The topological polar surface area (TPSA) is 43.7 Å². The number of halogens is 1. The summed E-state index contributed by atoms with van der Waals surface area (Å²) in [5.41, 5.74) is 2.30. The molecule has 1 rings (SSSR count). The number of nitrogens with zero attached hydrogens (tertiary/aromatic N) is 1. The van der Waals surface area contributed by atoms with Crippen molar-refractivity contribution in [2.75, 3.05) is 31.2 Å². The number of aliphatic hydroxyl groups excluding tert-OH is 2. The number of benzene rings is 1. The number of rotatable bonds is 6. The minimum Gasteiger partial charge on any atom is -0.395 e. The van der Waals surface area contributed by atoms with Gasteiger partial charge in [-0.2, -0.15) is 0 Å². The molecule has 5 heteroatoms. The maximum absolute atomic E-state index is 8.90. The van der Waals surface area contributed by atoms with Crippen molar-refractivity contribution in [3.05, 3.63) is 29.8 Å². The van der Waals surface area contributed by atoms with Gasteiger partial charge in [-0.3, -0.25) is 0 Å². The normalized spacial score (nSPS) is 9.69. The molecule has 0 saturated carbocycles. The van der Waals surface area contributed by atoms with Crippen LogP contribution in [0.15, 0.2) is 24.3 Å². The molecule has 16 heavy (non-hydrogen) atoms. The molecule has 0 fully saturated rings. The van der Waals surface area contributed by atoms with Crippen LogP contribution in [0.5, 0.6) is 0 Å². The second kappa shape index (κ2) is 9.16. The predicted molar refractivity (Wildman–Crippen MR) is 81.7 cm³/mol. The molecule has 0 aliphatic rings. The third-order valence-corrected chi connectivity index (χ3v) is 2.75. The van der Waals surface area contributed by atoms with Crippen LogP contribution in [0.3, 0.4) is 0 Å². The molecule has 0 saturated heterocycles. The minimum atomic E-state index is 0. The van der Waals surface area contributed by atoms with Crippen LogP contribution in [0.2, 0.25) is 0 Å². The highest BCUT2D eigenvalue weighted by Gasteiger charge is 2.04. The summed E-state index contributed by atoms with van der Waals surface area (Å²) in [6.45, 7) is 1.32. The molecular formula is C11H19INO2P. The lowest BCUT2D eigenvalue weighted by Gasteiger charge is -2.23. The summed E-state index contributed by atoms with van der Waals surface area (Å²) >= 11 is 0. The van der Waals surface area contributed by atoms with Gasteiger partial charge in [0.25, 0.3) is 0 Å². The molecule has 1 unspecified atom stereocenters. The Labute approximate surface area is 116 Å². The highest BCUT2D eigenvalue weighted by molar-refractivity contribution is 14.0. The van der Waals surface area contributed by atoms with Crippen LogP contribution in [-0.4, -0.2) is 36.5 Å². The fraction of sp³-hybridized carbons (Fsp3) is 0.455. The van der Waals surface area contributed by atoms with Gasteiger partial charge in [-0.1, -0.05) is 12.1 Å². The van der Waals surface area contributed by atoms with Gasteiger partial charge in [-0.15, -0.1) is 33.2 Å². The van der Waals surface area contributed by atoms with Gasteiger partial charge in [0.2, 0.25) is 0 Å². The van der Waals surface area contributed by atoms with Crippen LogP contribution in [0, 0.1) is 0 Å². The van der Waals surface area contributed by atoms with E-state index in [2.05, 4.69) is 21.4 Å². The van der Waals surface area contributed by atoms with Crippen molar-refractivity contribution in [2.24, 2.45) is 0 Å². The van der Waals surface area contributed by atoms with Crippen molar-refractivity contribution in [1.82, 2.24) is 0 Å². The van der Waals surface area contributed by atoms with E-state index >= 15 is 0 Å². The van der Waals surface area contributed by atoms with E-state index in [4.69, 9.17) is 10.2 Å². The van der Waals surface area contributed by atoms with Crippen molar-refractivity contribution in [3.8, 4) is 0 Å². The molecular weight excluding hydrogens is 336 g/mol. The zero-order valence-corrected chi connectivity index (χ0v) is 12.7. The quantitative estimate of drug-likeness (QED) is 0.600. The summed E-state index contributed by atoms with van der Waals surface area (Å²) in [6, 6.07) is 8.16. The molecule has 0 aliphatic heterocycles. The molecule has 0 aliphatic carbocycles. The molecule has 0 heterocycles. The van der Waals surface area contributed by atoms with Crippen molar-refractivity contribution >= 4 is 38.9 Å². The summed E-state index contributed by atoms with van der Waals surface area (Å²) in [5, 5.41) is 17.8. The van der Waals surface area contributed by atoms with Crippen LogP contribution in [0.1, 0.15) is 5.56 Å². The summed E-state index contributed by atoms with van der Waals surface area (Å²) in [5.74, 6) is 0. The van der Waals surface area contributed by atoms with Crippen molar-refractivity contribution in [3.63, 3.8) is 0 Å². The van der Waals surface area contributed by atoms with Gasteiger partial charge >= 0.3 is 0 Å². The van der Waals surface area contributed by atoms with Gasteiger partial charge in [-0.05, 0) is 23.9 Å². The smallest absolute Gasteiger partial charge is 0.0606 e. The zero-order valence-electron chi connectivity index (χ0n) is 9.17. The molecule has 1 atom stereocenters.